The van der Waals surface area contributed by atoms with E-state index in [0.29, 0.717) is 12.1 Å². The summed E-state index contributed by atoms with van der Waals surface area (Å²) in [5.74, 6) is -0.724. The van der Waals surface area contributed by atoms with Gasteiger partial charge in [0.15, 0.2) is 0 Å². The third-order valence-corrected chi connectivity index (χ3v) is 8.53. The summed E-state index contributed by atoms with van der Waals surface area (Å²) in [4.78, 5) is 29.3. The zero-order valence-electron chi connectivity index (χ0n) is 22.8. The van der Waals surface area contributed by atoms with Crippen LogP contribution in [0.25, 0.3) is 0 Å². The van der Waals surface area contributed by atoms with Crippen LogP contribution in [0.1, 0.15) is 37.0 Å². The van der Waals surface area contributed by atoms with Crippen molar-refractivity contribution in [3.63, 3.8) is 0 Å². The number of nitrogens with one attached hydrogen (secondary N) is 1. The maximum atomic E-state index is 14.1. The number of halogens is 1. The van der Waals surface area contributed by atoms with Crippen molar-refractivity contribution in [3.8, 4) is 0 Å². The Labute approximate surface area is 245 Å². The van der Waals surface area contributed by atoms with Crippen LogP contribution in [-0.4, -0.2) is 50.0 Å². The summed E-state index contributed by atoms with van der Waals surface area (Å²) in [5, 5.41) is 3.04. The maximum absolute atomic E-state index is 14.1. The van der Waals surface area contributed by atoms with Gasteiger partial charge in [0.2, 0.25) is 21.8 Å². The molecule has 0 aliphatic heterocycles. The predicted octanol–water partition coefficient (Wildman–Crippen LogP) is 4.92. The van der Waals surface area contributed by atoms with Crippen LogP contribution in [0.3, 0.4) is 0 Å². The summed E-state index contributed by atoms with van der Waals surface area (Å²) in [5.41, 5.74) is 3.17. The van der Waals surface area contributed by atoms with Crippen LogP contribution in [0.2, 0.25) is 0 Å². The van der Waals surface area contributed by atoms with Gasteiger partial charge in [0, 0.05) is 22.6 Å². The van der Waals surface area contributed by atoms with Crippen molar-refractivity contribution >= 4 is 50.1 Å². The van der Waals surface area contributed by atoms with Crippen molar-refractivity contribution in [2.75, 3.05) is 17.1 Å². The van der Waals surface area contributed by atoms with Gasteiger partial charge in [-0.2, -0.15) is 0 Å². The molecule has 0 radical (unpaired) electrons. The minimum absolute atomic E-state index is 0.0782. The van der Waals surface area contributed by atoms with Crippen LogP contribution < -0.4 is 9.62 Å². The van der Waals surface area contributed by atoms with Crippen LogP contribution in [0, 0.1) is 10.5 Å². The minimum atomic E-state index is -3.79. The SMILES string of the molecule is CC[C@H](C)NC(=O)[C@H](Cc1ccccc1)N(Cc1ccccc1C)C(=O)CN(c1ccc(I)cc1)S(C)(=O)=O. The molecule has 0 aliphatic rings. The lowest BCUT2D eigenvalue weighted by Crippen LogP contribution is -2.54. The number of anilines is 1. The number of carbonyl (C=O) groups is 2. The first-order chi connectivity index (χ1) is 18.5. The summed E-state index contributed by atoms with van der Waals surface area (Å²) in [7, 11) is -3.79. The van der Waals surface area contributed by atoms with Gasteiger partial charge in [0.1, 0.15) is 12.6 Å². The largest absolute Gasteiger partial charge is 0.352 e. The van der Waals surface area contributed by atoms with E-state index in [2.05, 4.69) is 27.9 Å². The summed E-state index contributed by atoms with van der Waals surface area (Å²) in [6.45, 7) is 5.61. The number of carbonyl (C=O) groups excluding carboxylic acids is 2. The molecule has 3 rings (SSSR count). The van der Waals surface area contributed by atoms with E-state index in [9.17, 15) is 18.0 Å². The van der Waals surface area contributed by atoms with E-state index in [1.807, 2.05) is 75.4 Å². The lowest BCUT2D eigenvalue weighted by Gasteiger charge is -2.34. The molecule has 0 aliphatic carbocycles. The standard InChI is InChI=1S/C30H36IN3O4S/c1-5-23(3)32-30(36)28(19-24-12-7-6-8-13-24)33(20-25-14-10-9-11-22(25)2)29(35)21-34(39(4,37)38)27-17-15-26(31)16-18-27/h6-18,23,28H,5,19-21H2,1-4H3,(H,32,36)/t23-,28-/m0/s1. The average molecular weight is 662 g/mol. The number of rotatable bonds is 12. The van der Waals surface area contributed by atoms with Crippen LogP contribution >= 0.6 is 22.6 Å². The van der Waals surface area contributed by atoms with Crippen molar-refractivity contribution in [1.29, 1.82) is 0 Å². The minimum Gasteiger partial charge on any atom is -0.352 e. The molecule has 0 spiro atoms. The molecular weight excluding hydrogens is 625 g/mol. The Balaban J connectivity index is 2.06. The number of sulfonamides is 1. The zero-order valence-corrected chi connectivity index (χ0v) is 25.8. The lowest BCUT2D eigenvalue weighted by atomic mass is 10.0. The van der Waals surface area contributed by atoms with E-state index in [0.717, 1.165) is 37.2 Å². The molecule has 1 N–H and O–H groups in total. The van der Waals surface area contributed by atoms with Gasteiger partial charge in [0.05, 0.1) is 11.9 Å². The molecule has 0 fully saturated rings. The smallest absolute Gasteiger partial charge is 0.244 e. The fourth-order valence-electron chi connectivity index (χ4n) is 4.19. The molecule has 9 heteroatoms. The molecule has 39 heavy (non-hydrogen) atoms. The molecule has 0 heterocycles. The average Bonchev–Trinajstić information content (AvgIpc) is 2.90. The molecular formula is C30H36IN3O4S. The van der Waals surface area contributed by atoms with Gasteiger partial charge in [-0.3, -0.25) is 13.9 Å². The molecule has 0 aromatic heterocycles. The third kappa shape index (κ3) is 8.79. The van der Waals surface area contributed by atoms with Gasteiger partial charge in [0.25, 0.3) is 0 Å². The highest BCUT2D eigenvalue weighted by atomic mass is 127. The molecule has 2 atom stereocenters. The van der Waals surface area contributed by atoms with Gasteiger partial charge in [-0.25, -0.2) is 8.42 Å². The predicted molar refractivity (Wildman–Crippen MR) is 165 cm³/mol. The number of hydrogen-bond donors (Lipinski definition) is 1. The second-order valence-corrected chi connectivity index (χ2v) is 12.9. The number of amides is 2. The number of hydrogen-bond acceptors (Lipinski definition) is 4. The van der Waals surface area contributed by atoms with Crippen molar-refractivity contribution < 1.29 is 18.0 Å². The first-order valence-electron chi connectivity index (χ1n) is 12.9. The van der Waals surface area contributed by atoms with Gasteiger partial charge in [-0.05, 0) is 83.8 Å². The monoisotopic (exact) mass is 661 g/mol. The molecule has 0 unspecified atom stereocenters. The van der Waals surface area contributed by atoms with Gasteiger partial charge in [-0.15, -0.1) is 0 Å². The van der Waals surface area contributed by atoms with Crippen LogP contribution in [0.15, 0.2) is 78.9 Å². The molecule has 3 aromatic rings. The Morgan fingerprint density at radius 1 is 0.949 bits per heavy atom. The number of benzene rings is 3. The summed E-state index contributed by atoms with van der Waals surface area (Å²) >= 11 is 2.14. The number of nitrogens with zero attached hydrogens (tertiary/aromatic N) is 2. The van der Waals surface area contributed by atoms with Gasteiger partial charge in [-0.1, -0.05) is 61.5 Å². The summed E-state index contributed by atoms with van der Waals surface area (Å²) < 4.78 is 27.7. The maximum Gasteiger partial charge on any atom is 0.244 e. The van der Waals surface area contributed by atoms with Crippen LogP contribution in [0.5, 0.6) is 0 Å². The third-order valence-electron chi connectivity index (χ3n) is 6.67. The van der Waals surface area contributed by atoms with E-state index in [-0.39, 0.29) is 18.5 Å². The molecule has 3 aromatic carbocycles. The fourth-order valence-corrected chi connectivity index (χ4v) is 5.40. The Morgan fingerprint density at radius 3 is 2.15 bits per heavy atom. The van der Waals surface area contributed by atoms with E-state index in [4.69, 9.17) is 0 Å². The summed E-state index contributed by atoms with van der Waals surface area (Å²) in [6, 6.07) is 23.3. The molecule has 2 amide bonds. The second kappa shape index (κ2) is 13.9. The van der Waals surface area contributed by atoms with Crippen molar-refractivity contribution in [2.24, 2.45) is 0 Å². The normalized spacial score (nSPS) is 12.8. The van der Waals surface area contributed by atoms with E-state index in [1.54, 1.807) is 24.3 Å². The highest BCUT2D eigenvalue weighted by Gasteiger charge is 2.33. The van der Waals surface area contributed by atoms with E-state index < -0.39 is 28.5 Å². The highest BCUT2D eigenvalue weighted by molar-refractivity contribution is 14.1. The van der Waals surface area contributed by atoms with Gasteiger partial charge < -0.3 is 10.2 Å². The van der Waals surface area contributed by atoms with Crippen LogP contribution in [0.4, 0.5) is 5.69 Å². The Hall–Kier alpha value is -2.92. The van der Waals surface area contributed by atoms with E-state index >= 15 is 0 Å². The Morgan fingerprint density at radius 2 is 1.56 bits per heavy atom. The second-order valence-electron chi connectivity index (χ2n) is 9.72. The first-order valence-corrected chi connectivity index (χ1v) is 15.8. The molecule has 0 saturated carbocycles. The zero-order chi connectivity index (χ0) is 28.6. The van der Waals surface area contributed by atoms with Crippen LogP contribution in [-0.2, 0) is 32.6 Å². The highest BCUT2D eigenvalue weighted by Crippen LogP contribution is 2.22. The Bertz CT molecular complexity index is 1360. The van der Waals surface area contributed by atoms with Crippen molar-refractivity contribution in [1.82, 2.24) is 10.2 Å². The lowest BCUT2D eigenvalue weighted by molar-refractivity contribution is -0.140. The topological polar surface area (TPSA) is 86.8 Å². The molecule has 0 bridgehead atoms. The molecule has 208 valence electrons. The quantitative estimate of drug-likeness (QED) is 0.280. The number of aryl methyl sites for hydroxylation is 1. The van der Waals surface area contributed by atoms with Crippen molar-refractivity contribution in [2.45, 2.75) is 52.2 Å². The first kappa shape index (κ1) is 30.6. The Kier molecular flexibility index (Phi) is 10.9. The van der Waals surface area contributed by atoms with Crippen molar-refractivity contribution in [3.05, 3.63) is 99.1 Å². The summed E-state index contributed by atoms with van der Waals surface area (Å²) in [6.07, 6.45) is 2.12. The molecule has 0 saturated heterocycles. The molecule has 7 nitrogen and oxygen atoms in total. The fraction of sp³-hybridized carbons (Fsp3) is 0.333. The van der Waals surface area contributed by atoms with E-state index in [1.165, 1.54) is 4.90 Å². The van der Waals surface area contributed by atoms with Gasteiger partial charge >= 0.3 is 0 Å².